The molecular weight excluding hydrogens is 190 g/mol. The van der Waals surface area contributed by atoms with Crippen LogP contribution in [0.2, 0.25) is 0 Å². The summed E-state index contributed by atoms with van der Waals surface area (Å²) in [6, 6.07) is 7.75. The maximum absolute atomic E-state index is 8.92. The number of nitriles is 1. The van der Waals surface area contributed by atoms with Gasteiger partial charge in [-0.05, 0) is 37.1 Å². The summed E-state index contributed by atoms with van der Waals surface area (Å²) >= 11 is 0. The molecule has 15 heavy (non-hydrogen) atoms. The third-order valence-electron chi connectivity index (χ3n) is 2.17. The first-order chi connectivity index (χ1) is 7.22. The molecule has 0 amide bonds. The molecule has 1 aromatic rings. The van der Waals surface area contributed by atoms with E-state index in [0.29, 0.717) is 6.61 Å². The van der Waals surface area contributed by atoms with Gasteiger partial charge in [-0.1, -0.05) is 6.07 Å². The Kier molecular flexibility index (Phi) is 4.14. The number of hydrogen-bond donors (Lipinski definition) is 0. The van der Waals surface area contributed by atoms with Crippen LogP contribution < -0.4 is 4.74 Å². The van der Waals surface area contributed by atoms with Gasteiger partial charge < -0.3 is 9.47 Å². The Bertz CT molecular complexity index is 368. The van der Waals surface area contributed by atoms with Crippen LogP contribution in [0.3, 0.4) is 0 Å². The lowest BCUT2D eigenvalue weighted by Crippen LogP contribution is -2.02. The van der Waals surface area contributed by atoms with Gasteiger partial charge in [-0.3, -0.25) is 0 Å². The Hall–Kier alpha value is -1.53. The molecule has 0 aliphatic heterocycles. The Balaban J connectivity index is 2.96. The molecule has 3 heteroatoms. The van der Waals surface area contributed by atoms with Crippen LogP contribution >= 0.6 is 0 Å². The van der Waals surface area contributed by atoms with E-state index in [0.717, 1.165) is 16.9 Å². The first kappa shape index (κ1) is 11.5. The molecule has 0 saturated heterocycles. The number of ether oxygens (including phenoxy) is 2. The Morgan fingerprint density at radius 2 is 2.20 bits per heavy atom. The van der Waals surface area contributed by atoms with Crippen molar-refractivity contribution in [2.45, 2.75) is 20.0 Å². The lowest BCUT2D eigenvalue weighted by molar-refractivity contribution is 0.102. The molecule has 1 aromatic carbocycles. The molecule has 0 aliphatic rings. The lowest BCUT2D eigenvalue weighted by Gasteiger charge is -2.11. The van der Waals surface area contributed by atoms with Crippen molar-refractivity contribution in [3.05, 3.63) is 29.3 Å². The van der Waals surface area contributed by atoms with Gasteiger partial charge in [-0.2, -0.15) is 5.26 Å². The van der Waals surface area contributed by atoms with E-state index in [-0.39, 0.29) is 0 Å². The molecule has 0 aromatic heterocycles. The summed E-state index contributed by atoms with van der Waals surface area (Å²) in [6.45, 7) is 4.35. The highest BCUT2D eigenvalue weighted by Gasteiger charge is 2.11. The highest BCUT2D eigenvalue weighted by atomic mass is 16.5. The average molecular weight is 205 g/mol. The van der Waals surface area contributed by atoms with E-state index in [1.165, 1.54) is 0 Å². The SMILES string of the molecule is CCOC(C#N)c1ccc(OC)c(C)c1. The van der Waals surface area contributed by atoms with Crippen LogP contribution in [0.15, 0.2) is 18.2 Å². The van der Waals surface area contributed by atoms with Crippen molar-refractivity contribution in [1.82, 2.24) is 0 Å². The van der Waals surface area contributed by atoms with E-state index in [1.807, 2.05) is 32.0 Å². The van der Waals surface area contributed by atoms with Crippen LogP contribution in [0.4, 0.5) is 0 Å². The summed E-state index contributed by atoms with van der Waals surface area (Å²) in [5, 5.41) is 8.92. The van der Waals surface area contributed by atoms with E-state index >= 15 is 0 Å². The van der Waals surface area contributed by atoms with E-state index in [9.17, 15) is 0 Å². The van der Waals surface area contributed by atoms with Crippen LogP contribution in [0.5, 0.6) is 5.75 Å². The maximum Gasteiger partial charge on any atom is 0.169 e. The standard InChI is InChI=1S/C12H15NO2/c1-4-15-12(8-13)10-5-6-11(14-3)9(2)7-10/h5-7,12H,4H2,1-3H3. The van der Waals surface area contributed by atoms with Gasteiger partial charge in [0.15, 0.2) is 6.10 Å². The minimum atomic E-state index is -0.486. The molecule has 1 atom stereocenters. The van der Waals surface area contributed by atoms with Crippen molar-refractivity contribution in [1.29, 1.82) is 5.26 Å². The van der Waals surface area contributed by atoms with E-state index in [4.69, 9.17) is 14.7 Å². The van der Waals surface area contributed by atoms with Gasteiger partial charge in [0.25, 0.3) is 0 Å². The van der Waals surface area contributed by atoms with Gasteiger partial charge in [0.05, 0.1) is 13.2 Å². The molecule has 3 nitrogen and oxygen atoms in total. The fourth-order valence-corrected chi connectivity index (χ4v) is 1.44. The lowest BCUT2D eigenvalue weighted by atomic mass is 10.1. The average Bonchev–Trinajstić information content (AvgIpc) is 2.25. The molecule has 0 spiro atoms. The maximum atomic E-state index is 8.92. The molecule has 0 bridgehead atoms. The van der Waals surface area contributed by atoms with Crippen molar-refractivity contribution in [3.63, 3.8) is 0 Å². The second-order valence-corrected chi connectivity index (χ2v) is 3.19. The fourth-order valence-electron chi connectivity index (χ4n) is 1.44. The number of nitrogens with zero attached hydrogens (tertiary/aromatic N) is 1. The summed E-state index contributed by atoms with van der Waals surface area (Å²) in [5.74, 6) is 0.826. The van der Waals surface area contributed by atoms with Gasteiger partial charge >= 0.3 is 0 Å². The molecule has 1 unspecified atom stereocenters. The third-order valence-corrected chi connectivity index (χ3v) is 2.17. The zero-order valence-corrected chi connectivity index (χ0v) is 9.28. The number of rotatable bonds is 4. The quantitative estimate of drug-likeness (QED) is 0.758. The number of benzene rings is 1. The van der Waals surface area contributed by atoms with Crippen molar-refractivity contribution in [2.24, 2.45) is 0 Å². The minimum absolute atomic E-state index is 0.486. The normalized spacial score (nSPS) is 11.9. The summed E-state index contributed by atoms with van der Waals surface area (Å²) in [5.41, 5.74) is 1.88. The van der Waals surface area contributed by atoms with Crippen molar-refractivity contribution in [2.75, 3.05) is 13.7 Å². The Morgan fingerprint density at radius 3 is 2.67 bits per heavy atom. The van der Waals surface area contributed by atoms with Crippen molar-refractivity contribution in [3.8, 4) is 11.8 Å². The van der Waals surface area contributed by atoms with Crippen LogP contribution in [0, 0.1) is 18.3 Å². The van der Waals surface area contributed by atoms with Gasteiger partial charge in [-0.15, -0.1) is 0 Å². The van der Waals surface area contributed by atoms with Crippen LogP contribution in [-0.2, 0) is 4.74 Å². The Morgan fingerprint density at radius 1 is 1.47 bits per heavy atom. The zero-order valence-electron chi connectivity index (χ0n) is 9.28. The molecule has 80 valence electrons. The van der Waals surface area contributed by atoms with Crippen LogP contribution in [0.25, 0.3) is 0 Å². The predicted molar refractivity (Wildman–Crippen MR) is 57.7 cm³/mol. The fraction of sp³-hybridized carbons (Fsp3) is 0.417. The third kappa shape index (κ3) is 2.71. The molecular formula is C12H15NO2. The highest BCUT2D eigenvalue weighted by molar-refractivity contribution is 5.38. The molecule has 1 rings (SSSR count). The largest absolute Gasteiger partial charge is 0.496 e. The number of methoxy groups -OCH3 is 1. The second kappa shape index (κ2) is 5.38. The highest BCUT2D eigenvalue weighted by Crippen LogP contribution is 2.23. The summed E-state index contributed by atoms with van der Waals surface area (Å²) in [6.07, 6.45) is -0.486. The number of hydrogen-bond acceptors (Lipinski definition) is 3. The van der Waals surface area contributed by atoms with Crippen molar-refractivity contribution < 1.29 is 9.47 Å². The molecule has 0 N–H and O–H groups in total. The van der Waals surface area contributed by atoms with E-state index < -0.39 is 6.10 Å². The van der Waals surface area contributed by atoms with Gasteiger partial charge in [0.2, 0.25) is 0 Å². The molecule has 0 aliphatic carbocycles. The van der Waals surface area contributed by atoms with Gasteiger partial charge in [0.1, 0.15) is 5.75 Å². The monoisotopic (exact) mass is 205 g/mol. The second-order valence-electron chi connectivity index (χ2n) is 3.19. The van der Waals surface area contributed by atoms with Gasteiger partial charge in [-0.25, -0.2) is 0 Å². The first-order valence-corrected chi connectivity index (χ1v) is 4.88. The van der Waals surface area contributed by atoms with E-state index in [2.05, 4.69) is 6.07 Å². The number of aryl methyl sites for hydroxylation is 1. The first-order valence-electron chi connectivity index (χ1n) is 4.88. The van der Waals surface area contributed by atoms with E-state index in [1.54, 1.807) is 7.11 Å². The zero-order chi connectivity index (χ0) is 11.3. The van der Waals surface area contributed by atoms with Crippen LogP contribution in [0.1, 0.15) is 24.2 Å². The predicted octanol–water partition coefficient (Wildman–Crippen LogP) is 2.60. The smallest absolute Gasteiger partial charge is 0.169 e. The van der Waals surface area contributed by atoms with Gasteiger partial charge in [0, 0.05) is 6.61 Å². The molecule has 0 heterocycles. The topological polar surface area (TPSA) is 42.2 Å². The molecule has 0 saturated carbocycles. The molecule has 0 fully saturated rings. The molecule has 0 radical (unpaired) electrons. The Labute approximate surface area is 90.2 Å². The van der Waals surface area contributed by atoms with Crippen LogP contribution in [-0.4, -0.2) is 13.7 Å². The summed E-state index contributed by atoms with van der Waals surface area (Å²) in [7, 11) is 1.63. The van der Waals surface area contributed by atoms with Crippen molar-refractivity contribution >= 4 is 0 Å². The summed E-state index contributed by atoms with van der Waals surface area (Å²) < 4.78 is 10.5. The summed E-state index contributed by atoms with van der Waals surface area (Å²) in [4.78, 5) is 0. The minimum Gasteiger partial charge on any atom is -0.496 e.